The van der Waals surface area contributed by atoms with Gasteiger partial charge in [-0.05, 0) is 15.9 Å². The van der Waals surface area contributed by atoms with Gasteiger partial charge in [0.25, 0.3) is 5.43 Å². The van der Waals surface area contributed by atoms with Gasteiger partial charge in [-0.3, -0.25) is 14.9 Å². The predicted octanol–water partition coefficient (Wildman–Crippen LogP) is 1.16. The molecule has 0 unspecified atom stereocenters. The second-order valence-corrected chi connectivity index (χ2v) is 4.01. The van der Waals surface area contributed by atoms with Crippen molar-refractivity contribution >= 4 is 27.6 Å². The SMILES string of the molecule is C=C(Cn1cc(Br)c(=O)c([N+](=O)[O-])c1)C(=O)O. The van der Waals surface area contributed by atoms with Crippen LogP contribution in [0.15, 0.2) is 33.8 Å². The van der Waals surface area contributed by atoms with Crippen molar-refractivity contribution in [1.29, 1.82) is 0 Å². The molecule has 1 N–H and O–H groups in total. The van der Waals surface area contributed by atoms with E-state index in [1.807, 2.05) is 0 Å². The lowest BCUT2D eigenvalue weighted by atomic mass is 10.3. The Morgan fingerprint density at radius 2 is 2.18 bits per heavy atom. The first-order valence-electron chi connectivity index (χ1n) is 4.28. The Morgan fingerprint density at radius 3 is 2.65 bits per heavy atom. The van der Waals surface area contributed by atoms with Crippen molar-refractivity contribution in [2.24, 2.45) is 0 Å². The van der Waals surface area contributed by atoms with E-state index in [4.69, 9.17) is 5.11 Å². The van der Waals surface area contributed by atoms with Crippen LogP contribution in [-0.2, 0) is 11.3 Å². The molecule has 0 bridgehead atoms. The number of rotatable bonds is 4. The summed E-state index contributed by atoms with van der Waals surface area (Å²) in [4.78, 5) is 31.6. The van der Waals surface area contributed by atoms with E-state index in [-0.39, 0.29) is 16.6 Å². The molecule has 7 nitrogen and oxygen atoms in total. The van der Waals surface area contributed by atoms with E-state index in [0.29, 0.717) is 0 Å². The predicted molar refractivity (Wildman–Crippen MR) is 61.8 cm³/mol. The van der Waals surface area contributed by atoms with Crippen molar-refractivity contribution in [3.05, 3.63) is 49.4 Å². The summed E-state index contributed by atoms with van der Waals surface area (Å²) in [5.74, 6) is -1.21. The highest BCUT2D eigenvalue weighted by molar-refractivity contribution is 9.10. The van der Waals surface area contributed by atoms with Crippen LogP contribution in [0.25, 0.3) is 0 Å². The molecule has 1 rings (SSSR count). The molecule has 0 amide bonds. The second-order valence-electron chi connectivity index (χ2n) is 3.16. The lowest BCUT2D eigenvalue weighted by molar-refractivity contribution is -0.386. The molecule has 0 radical (unpaired) electrons. The van der Waals surface area contributed by atoms with Crippen LogP contribution in [-0.4, -0.2) is 20.6 Å². The van der Waals surface area contributed by atoms with Crippen LogP contribution < -0.4 is 5.43 Å². The van der Waals surface area contributed by atoms with Gasteiger partial charge in [0.2, 0.25) is 0 Å². The Balaban J connectivity index is 3.20. The molecule has 0 spiro atoms. The maximum absolute atomic E-state index is 11.3. The molecule has 0 aliphatic heterocycles. The average Bonchev–Trinajstić information content (AvgIpc) is 2.22. The summed E-state index contributed by atoms with van der Waals surface area (Å²) in [5.41, 5.74) is -1.53. The summed E-state index contributed by atoms with van der Waals surface area (Å²) >= 11 is 2.88. The Morgan fingerprint density at radius 1 is 1.59 bits per heavy atom. The third-order valence-corrected chi connectivity index (χ3v) is 2.45. The molecule has 1 aromatic rings. The van der Waals surface area contributed by atoms with Gasteiger partial charge in [-0.25, -0.2) is 4.79 Å². The zero-order valence-corrected chi connectivity index (χ0v) is 10.0. The molecule has 0 aliphatic rings. The lowest BCUT2D eigenvalue weighted by Gasteiger charge is -2.06. The third kappa shape index (κ3) is 3.00. The van der Waals surface area contributed by atoms with Crippen molar-refractivity contribution in [3.8, 4) is 0 Å². The van der Waals surface area contributed by atoms with Gasteiger partial charge in [0.15, 0.2) is 0 Å². The Labute approximate surface area is 103 Å². The van der Waals surface area contributed by atoms with Crippen LogP contribution in [0, 0.1) is 10.1 Å². The summed E-state index contributed by atoms with van der Waals surface area (Å²) in [6, 6.07) is 0. The summed E-state index contributed by atoms with van der Waals surface area (Å²) in [7, 11) is 0. The highest BCUT2D eigenvalue weighted by atomic mass is 79.9. The number of pyridine rings is 1. The maximum atomic E-state index is 11.3. The lowest BCUT2D eigenvalue weighted by Crippen LogP contribution is -2.15. The first-order valence-corrected chi connectivity index (χ1v) is 5.07. The molecule has 0 saturated heterocycles. The van der Waals surface area contributed by atoms with Crippen molar-refractivity contribution < 1.29 is 14.8 Å². The van der Waals surface area contributed by atoms with Gasteiger partial charge in [0, 0.05) is 11.8 Å². The highest BCUT2D eigenvalue weighted by Crippen LogP contribution is 2.12. The fourth-order valence-electron chi connectivity index (χ4n) is 1.09. The largest absolute Gasteiger partial charge is 0.478 e. The van der Waals surface area contributed by atoms with Crippen LogP contribution in [0.2, 0.25) is 0 Å². The number of nitro groups is 1. The average molecular weight is 303 g/mol. The minimum atomic E-state index is -1.21. The number of nitrogens with zero attached hydrogens (tertiary/aromatic N) is 2. The number of aromatic nitrogens is 1. The smallest absolute Gasteiger partial charge is 0.333 e. The molecule has 0 fully saturated rings. The van der Waals surface area contributed by atoms with E-state index in [0.717, 1.165) is 6.20 Å². The molecular weight excluding hydrogens is 296 g/mol. The van der Waals surface area contributed by atoms with Crippen molar-refractivity contribution in [2.75, 3.05) is 0 Å². The zero-order chi connectivity index (χ0) is 13.2. The van der Waals surface area contributed by atoms with Gasteiger partial charge in [0.05, 0.1) is 22.1 Å². The van der Waals surface area contributed by atoms with Crippen LogP contribution >= 0.6 is 15.9 Å². The molecule has 1 aromatic heterocycles. The van der Waals surface area contributed by atoms with Gasteiger partial charge in [-0.15, -0.1) is 0 Å². The van der Waals surface area contributed by atoms with Crippen LogP contribution in [0.5, 0.6) is 0 Å². The van der Waals surface area contributed by atoms with E-state index < -0.39 is 22.0 Å². The minimum Gasteiger partial charge on any atom is -0.478 e. The monoisotopic (exact) mass is 302 g/mol. The molecule has 90 valence electrons. The highest BCUT2D eigenvalue weighted by Gasteiger charge is 2.16. The number of aliphatic carboxylic acids is 1. The summed E-state index contributed by atoms with van der Waals surface area (Å²) in [6.45, 7) is 3.15. The van der Waals surface area contributed by atoms with Gasteiger partial charge < -0.3 is 9.67 Å². The number of carboxylic acid groups (broad SMARTS) is 1. The second kappa shape index (κ2) is 4.91. The minimum absolute atomic E-state index is 0.00936. The summed E-state index contributed by atoms with van der Waals surface area (Å²) in [5, 5.41) is 19.2. The summed E-state index contributed by atoms with van der Waals surface area (Å²) < 4.78 is 1.20. The quantitative estimate of drug-likeness (QED) is 0.511. The van der Waals surface area contributed by atoms with Gasteiger partial charge >= 0.3 is 11.7 Å². The van der Waals surface area contributed by atoms with E-state index in [2.05, 4.69) is 22.5 Å². The molecule has 0 aromatic carbocycles. The molecule has 0 atom stereocenters. The zero-order valence-electron chi connectivity index (χ0n) is 8.42. The number of hydrogen-bond donors (Lipinski definition) is 1. The molecule has 1 heterocycles. The van der Waals surface area contributed by atoms with Gasteiger partial charge in [-0.1, -0.05) is 6.58 Å². The normalized spacial score (nSPS) is 9.94. The Bertz CT molecular complexity index is 563. The van der Waals surface area contributed by atoms with E-state index in [1.54, 1.807) is 0 Å². The molecule has 0 saturated carbocycles. The van der Waals surface area contributed by atoms with Crippen molar-refractivity contribution in [3.63, 3.8) is 0 Å². The maximum Gasteiger partial charge on any atom is 0.333 e. The van der Waals surface area contributed by atoms with Crippen LogP contribution in [0.1, 0.15) is 0 Å². The van der Waals surface area contributed by atoms with Gasteiger partial charge in [-0.2, -0.15) is 0 Å². The number of halogens is 1. The van der Waals surface area contributed by atoms with Crippen molar-refractivity contribution in [1.82, 2.24) is 4.57 Å². The fraction of sp³-hybridized carbons (Fsp3) is 0.111. The third-order valence-electron chi connectivity index (χ3n) is 1.89. The van der Waals surface area contributed by atoms with Gasteiger partial charge in [0.1, 0.15) is 0 Å². The Kier molecular flexibility index (Phi) is 3.79. The Hall–Kier alpha value is -1.96. The molecule has 8 heteroatoms. The topological polar surface area (TPSA) is 102 Å². The number of carboxylic acids is 1. The molecular formula is C9H7BrN2O5. The van der Waals surface area contributed by atoms with Crippen LogP contribution in [0.4, 0.5) is 5.69 Å². The first-order chi connectivity index (χ1) is 7.82. The van der Waals surface area contributed by atoms with E-state index in [1.165, 1.54) is 10.8 Å². The number of carbonyl (C=O) groups is 1. The van der Waals surface area contributed by atoms with Crippen LogP contribution in [0.3, 0.4) is 0 Å². The first kappa shape index (κ1) is 13.1. The van der Waals surface area contributed by atoms with E-state index in [9.17, 15) is 19.7 Å². The van der Waals surface area contributed by atoms with Crippen molar-refractivity contribution in [2.45, 2.75) is 6.54 Å². The molecule has 17 heavy (non-hydrogen) atoms. The summed E-state index contributed by atoms with van der Waals surface area (Å²) in [6.07, 6.45) is 2.24. The molecule has 0 aliphatic carbocycles. The standard InChI is InChI=1S/C9H7BrN2O5/c1-5(9(14)15)2-11-3-6(10)8(13)7(4-11)12(16)17/h3-4H,1-2H2,(H,14,15). The van der Waals surface area contributed by atoms with E-state index >= 15 is 0 Å². The number of hydrogen-bond acceptors (Lipinski definition) is 4. The fourth-order valence-corrected chi connectivity index (χ4v) is 1.55.